The molecule has 0 fully saturated rings. The van der Waals surface area contributed by atoms with Crippen LogP contribution in [0.1, 0.15) is 0 Å². The van der Waals surface area contributed by atoms with E-state index in [2.05, 4.69) is 9.29 Å². The second-order valence-electron chi connectivity index (χ2n) is 2.03. The van der Waals surface area contributed by atoms with Crippen molar-refractivity contribution in [3.05, 3.63) is 24.5 Å². The molecule has 0 saturated heterocycles. The Labute approximate surface area is 92.6 Å². The van der Waals surface area contributed by atoms with Gasteiger partial charge in [0.1, 0.15) is 0 Å². The number of hydrogen-bond donors (Lipinski definition) is 2. The van der Waals surface area contributed by atoms with Gasteiger partial charge in [-0.1, -0.05) is 0 Å². The SMILES string of the molecule is CSc1cccnc1.O=[PH](O)O[PH](=O)O. The van der Waals surface area contributed by atoms with Crippen LogP contribution in [0.15, 0.2) is 29.4 Å². The number of thioether (sulfide) groups is 1. The second kappa shape index (κ2) is 9.09. The van der Waals surface area contributed by atoms with Crippen LogP contribution in [0.3, 0.4) is 0 Å². The summed E-state index contributed by atoms with van der Waals surface area (Å²) in [5.41, 5.74) is 0. The molecule has 0 saturated carbocycles. The molecule has 15 heavy (non-hydrogen) atoms. The highest BCUT2D eigenvalue weighted by Crippen LogP contribution is 2.30. The summed E-state index contributed by atoms with van der Waals surface area (Å²) in [6.45, 7) is 0. The predicted molar refractivity (Wildman–Crippen MR) is 59.5 cm³/mol. The van der Waals surface area contributed by atoms with Crippen LogP contribution in [0, 0.1) is 0 Å². The van der Waals surface area contributed by atoms with Crippen molar-refractivity contribution in [1.82, 2.24) is 4.98 Å². The minimum Gasteiger partial charge on any atom is -0.326 e. The lowest BCUT2D eigenvalue weighted by atomic mass is 10.5. The monoisotopic (exact) mass is 271 g/mol. The van der Waals surface area contributed by atoms with Gasteiger partial charge in [-0.05, 0) is 18.4 Å². The van der Waals surface area contributed by atoms with Crippen LogP contribution in [0.4, 0.5) is 0 Å². The largest absolute Gasteiger partial charge is 0.326 e. The molecule has 2 atom stereocenters. The van der Waals surface area contributed by atoms with E-state index in [1.807, 2.05) is 24.6 Å². The number of hydrogen-bond acceptors (Lipinski definition) is 5. The Balaban J connectivity index is 0.000000265. The van der Waals surface area contributed by atoms with Crippen molar-refractivity contribution in [2.24, 2.45) is 0 Å². The molecule has 0 aromatic carbocycles. The number of nitrogens with zero attached hydrogens (tertiary/aromatic N) is 1. The van der Waals surface area contributed by atoms with Crippen molar-refractivity contribution in [3.8, 4) is 0 Å². The van der Waals surface area contributed by atoms with E-state index in [1.165, 1.54) is 4.90 Å². The zero-order valence-corrected chi connectivity index (χ0v) is 10.6. The van der Waals surface area contributed by atoms with Gasteiger partial charge in [-0.25, -0.2) is 4.31 Å². The van der Waals surface area contributed by atoms with Gasteiger partial charge < -0.3 is 9.79 Å². The summed E-state index contributed by atoms with van der Waals surface area (Å²) in [6, 6.07) is 3.98. The maximum atomic E-state index is 9.44. The van der Waals surface area contributed by atoms with Gasteiger partial charge in [0.25, 0.3) is 0 Å². The standard InChI is InChI=1S/C6H7NS.H4O5P2/c1-8-6-3-2-4-7-5-6;1-6(2)5-7(3)4/h2-5H,1H3;6-7H,(H,1,2)(H,3,4). The van der Waals surface area contributed by atoms with Gasteiger partial charge in [0.15, 0.2) is 0 Å². The molecule has 1 aromatic rings. The summed E-state index contributed by atoms with van der Waals surface area (Å²) < 4.78 is 22.3. The van der Waals surface area contributed by atoms with Crippen LogP contribution >= 0.6 is 28.3 Å². The fourth-order valence-electron chi connectivity index (χ4n) is 0.543. The van der Waals surface area contributed by atoms with Crippen molar-refractivity contribution in [1.29, 1.82) is 0 Å². The number of rotatable bonds is 3. The van der Waals surface area contributed by atoms with E-state index in [4.69, 9.17) is 9.79 Å². The topological polar surface area (TPSA) is 96.7 Å². The second-order valence-corrected chi connectivity index (χ2v) is 4.79. The maximum absolute atomic E-state index is 9.44. The van der Waals surface area contributed by atoms with Gasteiger partial charge in [-0.3, -0.25) is 14.1 Å². The molecular formula is C6H11NO5P2S. The summed E-state index contributed by atoms with van der Waals surface area (Å²) in [7, 11) is -6.40. The number of aromatic nitrogens is 1. The Morgan fingerprint density at radius 2 is 2.00 bits per heavy atom. The van der Waals surface area contributed by atoms with E-state index in [9.17, 15) is 9.13 Å². The van der Waals surface area contributed by atoms with E-state index >= 15 is 0 Å². The van der Waals surface area contributed by atoms with E-state index in [0.717, 1.165) is 0 Å². The molecule has 1 aromatic heterocycles. The molecule has 0 aliphatic rings. The lowest BCUT2D eigenvalue weighted by Crippen LogP contribution is -1.69. The molecule has 2 unspecified atom stereocenters. The zero-order valence-electron chi connectivity index (χ0n) is 7.78. The van der Waals surface area contributed by atoms with Crippen LogP contribution in [0.2, 0.25) is 0 Å². The van der Waals surface area contributed by atoms with Crippen LogP contribution in [0.5, 0.6) is 0 Å². The molecule has 2 N–H and O–H groups in total. The molecule has 6 nitrogen and oxygen atoms in total. The van der Waals surface area contributed by atoms with Crippen molar-refractivity contribution in [2.45, 2.75) is 4.90 Å². The van der Waals surface area contributed by atoms with Crippen LogP contribution in [-0.4, -0.2) is 21.0 Å². The summed E-state index contributed by atoms with van der Waals surface area (Å²) in [5, 5.41) is 0. The first-order valence-corrected chi connectivity index (χ1v) is 7.39. The van der Waals surface area contributed by atoms with E-state index in [1.54, 1.807) is 18.0 Å². The average molecular weight is 271 g/mol. The van der Waals surface area contributed by atoms with Crippen molar-refractivity contribution in [3.63, 3.8) is 0 Å². The highest BCUT2D eigenvalue weighted by atomic mass is 32.2. The van der Waals surface area contributed by atoms with Crippen molar-refractivity contribution in [2.75, 3.05) is 6.26 Å². The highest BCUT2D eigenvalue weighted by molar-refractivity contribution is 7.98. The molecular weight excluding hydrogens is 260 g/mol. The lowest BCUT2D eigenvalue weighted by Gasteiger charge is -1.88. The quantitative estimate of drug-likeness (QED) is 0.636. The summed E-state index contributed by atoms with van der Waals surface area (Å²) in [6.07, 6.45) is 5.67. The summed E-state index contributed by atoms with van der Waals surface area (Å²) in [5.74, 6) is 0. The fraction of sp³-hybridized carbons (Fsp3) is 0.167. The molecule has 0 aliphatic carbocycles. The minimum atomic E-state index is -3.20. The Kier molecular flexibility index (Phi) is 9.00. The Hall–Kier alpha value is -0.160. The molecule has 0 bridgehead atoms. The van der Waals surface area contributed by atoms with Crippen LogP contribution < -0.4 is 0 Å². The molecule has 86 valence electrons. The third-order valence-corrected chi connectivity index (χ3v) is 3.15. The zero-order chi connectivity index (χ0) is 11.7. The normalized spacial score (nSPS) is 13.5. The lowest BCUT2D eigenvalue weighted by molar-refractivity contribution is 0.371. The van der Waals surface area contributed by atoms with E-state index in [-0.39, 0.29) is 0 Å². The van der Waals surface area contributed by atoms with Gasteiger partial charge in [0, 0.05) is 17.3 Å². The molecule has 0 radical (unpaired) electrons. The van der Waals surface area contributed by atoms with Gasteiger partial charge in [-0.2, -0.15) is 0 Å². The van der Waals surface area contributed by atoms with Gasteiger partial charge in [0.2, 0.25) is 0 Å². The molecule has 0 aliphatic heterocycles. The predicted octanol–water partition coefficient (Wildman–Crippen LogP) is 1.57. The van der Waals surface area contributed by atoms with Gasteiger partial charge >= 0.3 is 16.5 Å². The average Bonchev–Trinajstić information content (AvgIpc) is 2.18. The van der Waals surface area contributed by atoms with Crippen LogP contribution in [0.25, 0.3) is 0 Å². The van der Waals surface area contributed by atoms with Crippen molar-refractivity contribution >= 4 is 28.3 Å². The Morgan fingerprint density at radius 3 is 2.20 bits per heavy atom. The first-order valence-electron chi connectivity index (χ1n) is 3.64. The Morgan fingerprint density at radius 1 is 1.40 bits per heavy atom. The van der Waals surface area contributed by atoms with Crippen LogP contribution in [-0.2, 0) is 13.4 Å². The third-order valence-electron chi connectivity index (χ3n) is 1.04. The van der Waals surface area contributed by atoms with E-state index < -0.39 is 16.5 Å². The molecule has 9 heteroatoms. The first kappa shape index (κ1) is 14.8. The molecule has 1 heterocycles. The fourth-order valence-corrected chi connectivity index (χ4v) is 1.52. The smallest absolute Gasteiger partial charge is 0.323 e. The molecule has 0 spiro atoms. The van der Waals surface area contributed by atoms with Crippen molar-refractivity contribution < 1.29 is 23.2 Å². The highest BCUT2D eigenvalue weighted by Gasteiger charge is 1.93. The van der Waals surface area contributed by atoms with Gasteiger partial charge in [0.05, 0.1) is 0 Å². The van der Waals surface area contributed by atoms with Gasteiger partial charge in [-0.15, -0.1) is 11.8 Å². The van der Waals surface area contributed by atoms with E-state index in [0.29, 0.717) is 0 Å². The maximum Gasteiger partial charge on any atom is 0.323 e. The molecule has 0 amide bonds. The minimum absolute atomic E-state index is 1.22. The Bertz CT molecular complexity index is 311. The summed E-state index contributed by atoms with van der Waals surface area (Å²) >= 11 is 1.71. The summed E-state index contributed by atoms with van der Waals surface area (Å²) in [4.78, 5) is 20.6. The third kappa shape index (κ3) is 10.1. The molecule has 1 rings (SSSR count). The first-order chi connectivity index (χ1) is 7.06. The number of pyridine rings is 1.